The average Bonchev–Trinajstić information content (AvgIpc) is 2.92. The van der Waals surface area contributed by atoms with Gasteiger partial charge in [0.05, 0.1) is 0 Å². The molecule has 3 N–H and O–H groups in total. The van der Waals surface area contributed by atoms with Crippen LogP contribution in [0.5, 0.6) is 11.5 Å². The van der Waals surface area contributed by atoms with Crippen LogP contribution in [-0.2, 0) is 11.3 Å². The average molecular weight is 315 g/mol. The normalized spacial score (nSPS) is 11.9. The number of nitrogens with two attached hydrogens (primary N) is 1. The third-order valence-electron chi connectivity index (χ3n) is 3.28. The second-order valence-electron chi connectivity index (χ2n) is 4.92. The number of unbranched alkanes of at least 4 members (excludes halogenated alkanes) is 3. The van der Waals surface area contributed by atoms with Gasteiger partial charge < -0.3 is 20.5 Å². The number of hydrogen-bond donors (Lipinski definition) is 2. The minimum atomic E-state index is 0. The Balaban J connectivity index is 0.00000220. The lowest BCUT2D eigenvalue weighted by atomic mass is 10.1. The predicted molar refractivity (Wildman–Crippen MR) is 83.8 cm³/mol. The fraction of sp³-hybridized carbons (Fsp3) is 0.533. The van der Waals surface area contributed by atoms with Crippen molar-refractivity contribution >= 4 is 18.3 Å². The van der Waals surface area contributed by atoms with Gasteiger partial charge in [-0.2, -0.15) is 0 Å². The topological polar surface area (TPSA) is 73.6 Å². The van der Waals surface area contributed by atoms with Crippen molar-refractivity contribution in [3.05, 3.63) is 23.8 Å². The SMILES string of the molecule is Cl.NCCCCCCC(=O)NCc1ccc2c(c1)OCO2. The summed E-state index contributed by atoms with van der Waals surface area (Å²) in [5.74, 6) is 1.61. The van der Waals surface area contributed by atoms with Crippen LogP contribution < -0.4 is 20.5 Å². The molecule has 1 aromatic rings. The smallest absolute Gasteiger partial charge is 0.231 e. The fourth-order valence-corrected chi connectivity index (χ4v) is 2.12. The van der Waals surface area contributed by atoms with E-state index in [0.717, 1.165) is 49.3 Å². The van der Waals surface area contributed by atoms with Crippen molar-refractivity contribution in [1.82, 2.24) is 5.32 Å². The Hall–Kier alpha value is -1.46. The highest BCUT2D eigenvalue weighted by atomic mass is 35.5. The van der Waals surface area contributed by atoms with Crippen molar-refractivity contribution in [2.24, 2.45) is 5.73 Å². The molecule has 1 aromatic carbocycles. The molecule has 5 nitrogen and oxygen atoms in total. The van der Waals surface area contributed by atoms with E-state index in [1.807, 2.05) is 18.2 Å². The molecule has 0 atom stereocenters. The van der Waals surface area contributed by atoms with Crippen molar-refractivity contribution < 1.29 is 14.3 Å². The first kappa shape index (κ1) is 17.6. The summed E-state index contributed by atoms with van der Waals surface area (Å²) in [5, 5.41) is 2.92. The van der Waals surface area contributed by atoms with Crippen molar-refractivity contribution in [3.63, 3.8) is 0 Å². The van der Waals surface area contributed by atoms with Crippen LogP contribution in [0.25, 0.3) is 0 Å². The zero-order chi connectivity index (χ0) is 14.2. The van der Waals surface area contributed by atoms with Crippen LogP contribution in [0.4, 0.5) is 0 Å². The van der Waals surface area contributed by atoms with Gasteiger partial charge in [0.1, 0.15) is 0 Å². The summed E-state index contributed by atoms with van der Waals surface area (Å²) >= 11 is 0. The summed E-state index contributed by atoms with van der Waals surface area (Å²) in [6.45, 7) is 1.53. The van der Waals surface area contributed by atoms with Crippen LogP contribution in [0.3, 0.4) is 0 Å². The van der Waals surface area contributed by atoms with Crippen molar-refractivity contribution in [3.8, 4) is 11.5 Å². The minimum absolute atomic E-state index is 0. The molecule has 0 saturated carbocycles. The number of carbonyl (C=O) groups excluding carboxylic acids is 1. The highest BCUT2D eigenvalue weighted by Crippen LogP contribution is 2.32. The molecule has 2 rings (SSSR count). The van der Waals surface area contributed by atoms with Crippen LogP contribution in [-0.4, -0.2) is 19.2 Å². The molecule has 0 saturated heterocycles. The molecule has 6 heteroatoms. The predicted octanol–water partition coefficient (Wildman–Crippen LogP) is 2.36. The van der Waals surface area contributed by atoms with E-state index in [1.165, 1.54) is 0 Å². The van der Waals surface area contributed by atoms with E-state index in [-0.39, 0.29) is 25.1 Å². The molecule has 1 heterocycles. The van der Waals surface area contributed by atoms with Gasteiger partial charge in [0.15, 0.2) is 11.5 Å². The van der Waals surface area contributed by atoms with E-state index < -0.39 is 0 Å². The van der Waals surface area contributed by atoms with Gasteiger partial charge in [0.2, 0.25) is 12.7 Å². The lowest BCUT2D eigenvalue weighted by Gasteiger charge is -2.06. The Morgan fingerprint density at radius 3 is 2.71 bits per heavy atom. The summed E-state index contributed by atoms with van der Waals surface area (Å²) < 4.78 is 10.5. The Bertz CT molecular complexity index is 455. The van der Waals surface area contributed by atoms with Crippen LogP contribution in [0, 0.1) is 0 Å². The van der Waals surface area contributed by atoms with Gasteiger partial charge in [-0.25, -0.2) is 0 Å². The molecule has 1 amide bonds. The molecule has 21 heavy (non-hydrogen) atoms. The second kappa shape index (κ2) is 9.47. The number of benzene rings is 1. The summed E-state index contributed by atoms with van der Waals surface area (Å²) in [5.41, 5.74) is 6.44. The summed E-state index contributed by atoms with van der Waals surface area (Å²) in [4.78, 5) is 11.7. The highest BCUT2D eigenvalue weighted by molar-refractivity contribution is 5.85. The molecule has 0 fully saturated rings. The van der Waals surface area contributed by atoms with E-state index in [1.54, 1.807) is 0 Å². The monoisotopic (exact) mass is 314 g/mol. The molecule has 1 aliphatic rings. The molecule has 0 radical (unpaired) electrons. The van der Waals surface area contributed by atoms with Gasteiger partial charge in [0.25, 0.3) is 0 Å². The van der Waals surface area contributed by atoms with Gasteiger partial charge in [-0.3, -0.25) is 4.79 Å². The van der Waals surface area contributed by atoms with Crippen LogP contribution in [0.1, 0.15) is 37.7 Å². The van der Waals surface area contributed by atoms with Gasteiger partial charge >= 0.3 is 0 Å². The van der Waals surface area contributed by atoms with Gasteiger partial charge in [0, 0.05) is 13.0 Å². The second-order valence-corrected chi connectivity index (χ2v) is 4.92. The molecule has 0 spiro atoms. The first-order chi connectivity index (χ1) is 9.79. The number of carbonyl (C=O) groups is 1. The maximum atomic E-state index is 11.7. The quantitative estimate of drug-likeness (QED) is 0.722. The lowest BCUT2D eigenvalue weighted by molar-refractivity contribution is -0.121. The van der Waals surface area contributed by atoms with Crippen molar-refractivity contribution in [2.45, 2.75) is 38.6 Å². The summed E-state index contributed by atoms with van der Waals surface area (Å²) in [6.07, 6.45) is 4.71. The molecule has 118 valence electrons. The zero-order valence-electron chi connectivity index (χ0n) is 12.1. The Morgan fingerprint density at radius 1 is 1.14 bits per heavy atom. The number of amides is 1. The van der Waals surface area contributed by atoms with E-state index in [4.69, 9.17) is 15.2 Å². The molecule has 0 aromatic heterocycles. The van der Waals surface area contributed by atoms with E-state index >= 15 is 0 Å². The third kappa shape index (κ3) is 5.81. The van der Waals surface area contributed by atoms with Crippen molar-refractivity contribution in [2.75, 3.05) is 13.3 Å². The maximum absolute atomic E-state index is 11.7. The number of ether oxygens (including phenoxy) is 2. The first-order valence-corrected chi connectivity index (χ1v) is 7.15. The Kier molecular flexibility index (Phi) is 7.93. The van der Waals surface area contributed by atoms with Crippen LogP contribution in [0.15, 0.2) is 18.2 Å². The highest BCUT2D eigenvalue weighted by Gasteiger charge is 2.13. The van der Waals surface area contributed by atoms with E-state index in [0.29, 0.717) is 13.0 Å². The number of halogens is 1. The summed E-state index contributed by atoms with van der Waals surface area (Å²) in [6, 6.07) is 5.72. The molecule has 1 aliphatic heterocycles. The molecular weight excluding hydrogens is 292 g/mol. The maximum Gasteiger partial charge on any atom is 0.231 e. The van der Waals surface area contributed by atoms with Crippen molar-refractivity contribution in [1.29, 1.82) is 0 Å². The van der Waals surface area contributed by atoms with Gasteiger partial charge in [-0.15, -0.1) is 12.4 Å². The largest absolute Gasteiger partial charge is 0.454 e. The van der Waals surface area contributed by atoms with E-state index in [2.05, 4.69) is 5.32 Å². The number of nitrogens with one attached hydrogen (secondary N) is 1. The Labute approximate surface area is 131 Å². The molecular formula is C15H23ClN2O3. The molecule has 0 unspecified atom stereocenters. The minimum Gasteiger partial charge on any atom is -0.454 e. The van der Waals surface area contributed by atoms with Crippen LogP contribution in [0.2, 0.25) is 0 Å². The number of hydrogen-bond acceptors (Lipinski definition) is 4. The van der Waals surface area contributed by atoms with Gasteiger partial charge in [-0.1, -0.05) is 18.9 Å². The zero-order valence-corrected chi connectivity index (χ0v) is 12.9. The third-order valence-corrected chi connectivity index (χ3v) is 3.28. The Morgan fingerprint density at radius 2 is 1.90 bits per heavy atom. The number of rotatable bonds is 8. The molecule has 0 bridgehead atoms. The van der Waals surface area contributed by atoms with Crippen LogP contribution >= 0.6 is 12.4 Å². The summed E-state index contributed by atoms with van der Waals surface area (Å²) in [7, 11) is 0. The molecule has 0 aliphatic carbocycles. The fourth-order valence-electron chi connectivity index (χ4n) is 2.12. The standard InChI is InChI=1S/C15H22N2O3.ClH/c16-8-4-2-1-3-5-15(18)17-10-12-6-7-13-14(9-12)20-11-19-13;/h6-7,9H,1-5,8,10-11,16H2,(H,17,18);1H. The van der Waals surface area contributed by atoms with Gasteiger partial charge in [-0.05, 0) is 37.1 Å². The lowest BCUT2D eigenvalue weighted by Crippen LogP contribution is -2.22. The first-order valence-electron chi connectivity index (χ1n) is 7.15. The van der Waals surface area contributed by atoms with E-state index in [9.17, 15) is 4.79 Å². The number of fused-ring (bicyclic) bond motifs is 1.